The molecular weight excluding hydrogens is 362 g/mol. The minimum absolute atomic E-state index is 0.492. The lowest BCUT2D eigenvalue weighted by atomic mass is 9.49. The summed E-state index contributed by atoms with van der Waals surface area (Å²) in [6.07, 6.45) is 5.52. The smallest absolute Gasteiger partial charge is 0.367 e. The topological polar surface area (TPSA) is 110 Å². The van der Waals surface area contributed by atoms with E-state index in [1.807, 2.05) is 0 Å². The van der Waals surface area contributed by atoms with E-state index in [9.17, 15) is 31.3 Å². The number of hydrogen-bond donors (Lipinski definition) is 0. The summed E-state index contributed by atoms with van der Waals surface area (Å²) in [4.78, 5) is 23.9. The lowest BCUT2D eigenvalue weighted by Crippen LogP contribution is -2.50. The van der Waals surface area contributed by atoms with Crippen LogP contribution in [-0.4, -0.2) is 43.4 Å². The van der Waals surface area contributed by atoms with Crippen LogP contribution in [0.2, 0.25) is 0 Å². The molecule has 4 aliphatic carbocycles. The lowest BCUT2D eigenvalue weighted by Gasteiger charge is -2.55. The van der Waals surface area contributed by atoms with Crippen molar-refractivity contribution in [1.29, 1.82) is 0 Å². The fraction of sp³-hybridized carbons (Fsp3) is 0.867. The Kier molecular flexibility index (Phi) is 4.55. The largest absolute Gasteiger partial charge is 0.743 e. The van der Waals surface area contributed by atoms with E-state index < -0.39 is 45.9 Å². The Balaban J connectivity index is 1.50. The zero-order chi connectivity index (χ0) is 18.5. The Morgan fingerprint density at radius 3 is 1.96 bits per heavy atom. The molecule has 4 aliphatic rings. The maximum Gasteiger partial charge on any atom is 0.367 e. The number of ether oxygens (including phenoxy) is 2. The standard InChI is InChI=1S/C15H20F2O7S/c16-15(17,25(20,21)22)8-24-12(18)7-23-13(19)14-4-9-1-10(5-14)3-11(2-9)6-14/h9-11H,1-8H2,(H,20,21,22)/p-1. The molecule has 0 aromatic carbocycles. The highest BCUT2D eigenvalue weighted by Crippen LogP contribution is 2.60. The second-order valence-electron chi connectivity index (χ2n) is 7.53. The summed E-state index contributed by atoms with van der Waals surface area (Å²) < 4.78 is 65.8. The van der Waals surface area contributed by atoms with Crippen molar-refractivity contribution in [3.63, 3.8) is 0 Å². The van der Waals surface area contributed by atoms with Crippen LogP contribution >= 0.6 is 0 Å². The number of alkyl halides is 2. The molecule has 0 amide bonds. The molecule has 4 fully saturated rings. The molecule has 4 rings (SSSR count). The van der Waals surface area contributed by atoms with E-state index in [-0.39, 0.29) is 0 Å². The van der Waals surface area contributed by atoms with Crippen molar-refractivity contribution in [3.8, 4) is 0 Å². The van der Waals surface area contributed by atoms with Crippen molar-refractivity contribution in [2.24, 2.45) is 23.2 Å². The van der Waals surface area contributed by atoms with E-state index in [0.717, 1.165) is 38.5 Å². The molecule has 0 unspecified atom stereocenters. The van der Waals surface area contributed by atoms with Gasteiger partial charge in [-0.1, -0.05) is 0 Å². The minimum Gasteiger partial charge on any atom is -0.743 e. The van der Waals surface area contributed by atoms with Crippen LogP contribution in [0.3, 0.4) is 0 Å². The van der Waals surface area contributed by atoms with Gasteiger partial charge < -0.3 is 14.0 Å². The summed E-state index contributed by atoms with van der Waals surface area (Å²) in [6, 6.07) is 0. The van der Waals surface area contributed by atoms with Crippen molar-refractivity contribution in [1.82, 2.24) is 0 Å². The number of hydrogen-bond acceptors (Lipinski definition) is 7. The number of carbonyl (C=O) groups is 2. The van der Waals surface area contributed by atoms with Crippen molar-refractivity contribution in [2.75, 3.05) is 13.2 Å². The highest BCUT2D eigenvalue weighted by molar-refractivity contribution is 7.86. The second-order valence-corrected chi connectivity index (χ2v) is 9.03. The van der Waals surface area contributed by atoms with Gasteiger partial charge in [-0.05, 0) is 56.3 Å². The summed E-state index contributed by atoms with van der Waals surface area (Å²) in [5, 5.41) is -4.72. The van der Waals surface area contributed by atoms with E-state index in [1.54, 1.807) is 0 Å². The van der Waals surface area contributed by atoms with Gasteiger partial charge in [0.15, 0.2) is 23.3 Å². The van der Waals surface area contributed by atoms with E-state index in [0.29, 0.717) is 17.8 Å². The number of rotatable bonds is 6. The Morgan fingerprint density at radius 1 is 1.04 bits per heavy atom. The van der Waals surface area contributed by atoms with Gasteiger partial charge in [0.1, 0.15) is 0 Å². The van der Waals surface area contributed by atoms with Gasteiger partial charge >= 0.3 is 17.2 Å². The first-order valence-electron chi connectivity index (χ1n) is 8.17. The molecule has 4 bridgehead atoms. The maximum absolute atomic E-state index is 12.9. The Bertz CT molecular complexity index is 638. The average Bonchev–Trinajstić information content (AvgIpc) is 2.48. The van der Waals surface area contributed by atoms with Crippen molar-refractivity contribution < 1.29 is 40.8 Å². The van der Waals surface area contributed by atoms with Crippen LogP contribution < -0.4 is 0 Å². The highest BCUT2D eigenvalue weighted by atomic mass is 32.2. The molecule has 0 radical (unpaired) electrons. The van der Waals surface area contributed by atoms with E-state index in [4.69, 9.17) is 4.74 Å². The monoisotopic (exact) mass is 381 g/mol. The van der Waals surface area contributed by atoms with Crippen LogP contribution in [0.4, 0.5) is 8.78 Å². The third-order valence-electron chi connectivity index (χ3n) is 5.56. The van der Waals surface area contributed by atoms with Gasteiger partial charge in [0, 0.05) is 0 Å². The number of carbonyl (C=O) groups excluding carboxylic acids is 2. The summed E-state index contributed by atoms with van der Waals surface area (Å²) >= 11 is 0. The first-order chi connectivity index (χ1) is 11.5. The Morgan fingerprint density at radius 2 is 1.52 bits per heavy atom. The van der Waals surface area contributed by atoms with Gasteiger partial charge in [0.2, 0.25) is 0 Å². The van der Waals surface area contributed by atoms with E-state index >= 15 is 0 Å². The molecule has 142 valence electrons. The van der Waals surface area contributed by atoms with Gasteiger partial charge in [0.25, 0.3) is 0 Å². The molecule has 0 heterocycles. The average molecular weight is 381 g/mol. The molecular formula is C15H19F2O7S-. The van der Waals surface area contributed by atoms with Crippen LogP contribution in [0.5, 0.6) is 0 Å². The van der Waals surface area contributed by atoms with Crippen molar-refractivity contribution in [2.45, 2.75) is 43.8 Å². The molecule has 0 aliphatic heterocycles. The molecule has 0 N–H and O–H groups in total. The van der Waals surface area contributed by atoms with Crippen molar-refractivity contribution >= 4 is 22.1 Å². The van der Waals surface area contributed by atoms with Gasteiger partial charge in [-0.2, -0.15) is 8.78 Å². The maximum atomic E-state index is 12.9. The lowest BCUT2D eigenvalue weighted by molar-refractivity contribution is -0.178. The molecule has 25 heavy (non-hydrogen) atoms. The second kappa shape index (κ2) is 6.15. The third-order valence-corrected chi connectivity index (χ3v) is 6.41. The van der Waals surface area contributed by atoms with E-state index in [1.165, 1.54) is 0 Å². The number of halogens is 2. The number of esters is 2. The molecule has 10 heteroatoms. The SMILES string of the molecule is O=C(COC(=O)C12CC3CC(CC(C3)C1)C2)OCC(F)(F)S(=O)(=O)[O-]. The van der Waals surface area contributed by atoms with E-state index in [2.05, 4.69) is 4.74 Å². The molecule has 4 saturated carbocycles. The summed E-state index contributed by atoms with van der Waals surface area (Å²) in [6.45, 7) is -2.78. The fourth-order valence-electron chi connectivity index (χ4n) is 4.92. The van der Waals surface area contributed by atoms with Crippen molar-refractivity contribution in [3.05, 3.63) is 0 Å². The van der Waals surface area contributed by atoms with Crippen LogP contribution in [-0.2, 0) is 29.2 Å². The van der Waals surface area contributed by atoms with Gasteiger partial charge in [-0.15, -0.1) is 0 Å². The Labute approximate surface area is 143 Å². The predicted molar refractivity (Wildman–Crippen MR) is 77.2 cm³/mol. The molecule has 0 atom stereocenters. The normalized spacial score (nSPS) is 34.0. The summed E-state index contributed by atoms with van der Waals surface area (Å²) in [7, 11) is -5.93. The van der Waals surface area contributed by atoms with Crippen LogP contribution in [0, 0.1) is 23.2 Å². The van der Waals surface area contributed by atoms with Gasteiger partial charge in [-0.3, -0.25) is 4.79 Å². The minimum atomic E-state index is -5.93. The summed E-state index contributed by atoms with van der Waals surface area (Å²) in [5.41, 5.74) is -0.600. The molecule has 0 spiro atoms. The quantitative estimate of drug-likeness (QED) is 0.505. The fourth-order valence-corrected chi connectivity index (χ4v) is 5.12. The molecule has 7 nitrogen and oxygen atoms in total. The molecule has 0 saturated heterocycles. The zero-order valence-corrected chi connectivity index (χ0v) is 14.2. The predicted octanol–water partition coefficient (Wildman–Crippen LogP) is 1.43. The van der Waals surface area contributed by atoms with Crippen LogP contribution in [0.15, 0.2) is 0 Å². The van der Waals surface area contributed by atoms with Gasteiger partial charge in [-0.25, -0.2) is 13.2 Å². The zero-order valence-electron chi connectivity index (χ0n) is 13.4. The highest BCUT2D eigenvalue weighted by Gasteiger charge is 2.55. The first kappa shape index (κ1) is 18.5. The van der Waals surface area contributed by atoms with Crippen LogP contribution in [0.1, 0.15) is 38.5 Å². The van der Waals surface area contributed by atoms with Gasteiger partial charge in [0.05, 0.1) is 5.41 Å². The third kappa shape index (κ3) is 3.64. The summed E-state index contributed by atoms with van der Waals surface area (Å²) in [5.74, 6) is -0.363. The Hall–Kier alpha value is -1.29. The van der Waals surface area contributed by atoms with Crippen LogP contribution in [0.25, 0.3) is 0 Å². The first-order valence-corrected chi connectivity index (χ1v) is 9.58. The molecule has 0 aromatic heterocycles. The molecule has 0 aromatic rings.